The van der Waals surface area contributed by atoms with E-state index < -0.39 is 27.9 Å². The largest absolute Gasteiger partial charge is 0.446 e. The average molecular weight is 816 g/mol. The Morgan fingerprint density at radius 3 is 2.37 bits per heavy atom. The Morgan fingerprint density at radius 1 is 0.881 bits per heavy atom. The van der Waals surface area contributed by atoms with E-state index in [-0.39, 0.29) is 41.8 Å². The zero-order valence-corrected chi connectivity index (χ0v) is 36.7. The second kappa shape index (κ2) is 15.1. The highest BCUT2D eigenvalue weighted by molar-refractivity contribution is 7.09. The lowest BCUT2D eigenvalue weighted by Crippen LogP contribution is -2.67. The van der Waals surface area contributed by atoms with Gasteiger partial charge in [-0.2, -0.15) is 0 Å². The standard InChI is InChI=1S/C52H65NO5S/c1-34(2)39-18-17-35(3)30-43(39)58-47(56)53(28-22-38-14-11-29-59-38)33-51(57)25-21-45-49(51,5)24-20-44-48(4)23-19-37(54)31-50(48)26-27-52(44,45)42(32-50)46(55)41-16-10-9-15-40(41)36-12-7-6-8-13-36/h6-16,26-27,29,32,34-35,37,39,43-45,54,57H,17-25,28,30-31,33H2,1-5H3. The van der Waals surface area contributed by atoms with Crippen LogP contribution in [0.15, 0.2) is 95.9 Å². The van der Waals surface area contributed by atoms with E-state index in [1.807, 2.05) is 41.3 Å². The summed E-state index contributed by atoms with van der Waals surface area (Å²) in [6, 6.07) is 22.4. The summed E-state index contributed by atoms with van der Waals surface area (Å²) in [5.41, 5.74) is 0.592. The number of amides is 1. The highest BCUT2D eigenvalue weighted by Gasteiger charge is 2.74. The summed E-state index contributed by atoms with van der Waals surface area (Å²) in [5.74, 6) is 1.48. The van der Waals surface area contributed by atoms with E-state index in [9.17, 15) is 15.0 Å². The number of fused-ring (bicyclic) bond motifs is 1. The number of Topliss-reactive ketones (excluding diaryl/α,β-unsaturated/α-hetero) is 1. The van der Waals surface area contributed by atoms with E-state index in [2.05, 4.69) is 88.6 Å². The lowest BCUT2D eigenvalue weighted by Gasteiger charge is -2.71. The van der Waals surface area contributed by atoms with Gasteiger partial charge >= 0.3 is 6.09 Å². The zero-order chi connectivity index (χ0) is 41.4. The molecule has 1 aromatic heterocycles. The second-order valence-corrected chi connectivity index (χ2v) is 21.6. The van der Waals surface area contributed by atoms with Gasteiger partial charge in [0.2, 0.25) is 0 Å². The van der Waals surface area contributed by atoms with Crippen molar-refractivity contribution in [3.8, 4) is 11.1 Å². The molecule has 2 spiro atoms. The number of rotatable bonds is 10. The number of nitrogens with zero attached hydrogens (tertiary/aromatic N) is 1. The predicted molar refractivity (Wildman–Crippen MR) is 236 cm³/mol. The second-order valence-electron chi connectivity index (χ2n) is 20.6. The molecule has 314 valence electrons. The van der Waals surface area contributed by atoms with Crippen molar-refractivity contribution in [1.82, 2.24) is 4.90 Å². The van der Waals surface area contributed by atoms with E-state index in [1.165, 1.54) is 4.88 Å². The van der Waals surface area contributed by atoms with Gasteiger partial charge in [-0.05, 0) is 122 Å². The molecular formula is C52H65NO5S. The van der Waals surface area contributed by atoms with Crippen molar-refractivity contribution in [3.05, 3.63) is 106 Å². The monoisotopic (exact) mass is 815 g/mol. The summed E-state index contributed by atoms with van der Waals surface area (Å²) in [6.07, 6.45) is 15.3. The SMILES string of the molecule is CC1CCC(C(C)C)C(OC(=O)N(CCc2cccs2)CC2(O)CCC3C45C=CC6(C=C4C(=O)c4ccccc4-c4ccccc4)CC(O)CCC6(C)C5CCC32C)C1. The molecule has 1 amide bonds. The van der Waals surface area contributed by atoms with Crippen LogP contribution in [0.25, 0.3) is 11.1 Å². The fourth-order valence-electron chi connectivity index (χ4n) is 14.0. The van der Waals surface area contributed by atoms with Gasteiger partial charge in [-0.25, -0.2) is 4.79 Å². The first-order valence-corrected chi connectivity index (χ1v) is 23.6. The fraction of sp³-hybridized carbons (Fsp3) is 0.577. The number of ether oxygens (including phenoxy) is 1. The maximum Gasteiger partial charge on any atom is 0.410 e. The number of thiophene rings is 1. The van der Waals surface area contributed by atoms with Crippen LogP contribution in [0, 0.1) is 51.2 Å². The predicted octanol–water partition coefficient (Wildman–Crippen LogP) is 11.3. The topological polar surface area (TPSA) is 87.1 Å². The Labute approximate surface area is 356 Å². The van der Waals surface area contributed by atoms with Gasteiger partial charge in [-0.1, -0.05) is 120 Å². The molecule has 7 aliphatic rings. The molecule has 2 aromatic carbocycles. The molecule has 0 radical (unpaired) electrons. The Bertz CT molecular complexity index is 2110. The summed E-state index contributed by atoms with van der Waals surface area (Å²) < 4.78 is 6.54. The molecule has 10 rings (SSSR count). The summed E-state index contributed by atoms with van der Waals surface area (Å²) in [5, 5.41) is 26.7. The van der Waals surface area contributed by atoms with Crippen molar-refractivity contribution in [2.45, 2.75) is 123 Å². The smallest absolute Gasteiger partial charge is 0.410 e. The Balaban J connectivity index is 1.09. The number of aliphatic hydroxyl groups is 2. The minimum atomic E-state index is -1.18. The molecule has 6 nitrogen and oxygen atoms in total. The normalized spacial score (nSPS) is 38.3. The van der Waals surface area contributed by atoms with Crippen LogP contribution in [-0.2, 0) is 11.2 Å². The molecule has 2 bridgehead atoms. The number of carbonyl (C=O) groups excluding carboxylic acids is 2. The highest BCUT2D eigenvalue weighted by atomic mass is 32.1. The first-order chi connectivity index (χ1) is 28.2. The number of benzene rings is 2. The minimum Gasteiger partial charge on any atom is -0.446 e. The third-order valence-electron chi connectivity index (χ3n) is 17.3. The van der Waals surface area contributed by atoms with Crippen LogP contribution in [0.3, 0.4) is 0 Å². The van der Waals surface area contributed by atoms with Crippen molar-refractivity contribution >= 4 is 23.2 Å². The molecule has 4 saturated carbocycles. The quantitative estimate of drug-likeness (QED) is 0.157. The number of aliphatic hydroxyl groups excluding tert-OH is 1. The number of hydrogen-bond acceptors (Lipinski definition) is 6. The van der Waals surface area contributed by atoms with Crippen LogP contribution in [0.5, 0.6) is 0 Å². The molecule has 3 aromatic rings. The van der Waals surface area contributed by atoms with Gasteiger partial charge in [0, 0.05) is 38.8 Å². The van der Waals surface area contributed by atoms with Crippen LogP contribution < -0.4 is 0 Å². The minimum absolute atomic E-state index is 0.0178. The van der Waals surface area contributed by atoms with Gasteiger partial charge in [-0.3, -0.25) is 4.79 Å². The number of allylic oxidation sites excluding steroid dienone is 4. The number of carbonyl (C=O) groups is 2. The summed E-state index contributed by atoms with van der Waals surface area (Å²) >= 11 is 1.70. The summed E-state index contributed by atoms with van der Waals surface area (Å²) in [4.78, 5) is 33.2. The van der Waals surface area contributed by atoms with Gasteiger partial charge < -0.3 is 19.8 Å². The lowest BCUT2D eigenvalue weighted by molar-refractivity contribution is -0.175. The lowest BCUT2D eigenvalue weighted by atomic mass is 9.32. The molecule has 11 unspecified atom stereocenters. The van der Waals surface area contributed by atoms with Crippen LogP contribution in [0.1, 0.15) is 114 Å². The van der Waals surface area contributed by atoms with E-state index >= 15 is 4.79 Å². The number of hydrogen-bond donors (Lipinski definition) is 2. The van der Waals surface area contributed by atoms with Crippen LogP contribution in [0.4, 0.5) is 4.79 Å². The average Bonchev–Trinajstić information content (AvgIpc) is 3.84. The van der Waals surface area contributed by atoms with Crippen molar-refractivity contribution < 1.29 is 24.5 Å². The maximum atomic E-state index is 15.6. The summed E-state index contributed by atoms with van der Waals surface area (Å²) in [7, 11) is 0. The molecule has 4 fully saturated rings. The zero-order valence-electron chi connectivity index (χ0n) is 35.9. The van der Waals surface area contributed by atoms with Crippen LogP contribution in [-0.4, -0.2) is 57.9 Å². The van der Waals surface area contributed by atoms with Crippen molar-refractivity contribution in [2.75, 3.05) is 13.1 Å². The molecule has 0 aliphatic heterocycles. The molecule has 0 saturated heterocycles. The molecule has 11 atom stereocenters. The third-order valence-corrected chi connectivity index (χ3v) is 18.3. The van der Waals surface area contributed by atoms with Gasteiger partial charge in [0.15, 0.2) is 5.78 Å². The van der Waals surface area contributed by atoms with E-state index in [0.717, 1.165) is 68.1 Å². The molecule has 1 heterocycles. The fourth-order valence-corrected chi connectivity index (χ4v) is 14.7. The van der Waals surface area contributed by atoms with Crippen LogP contribution in [0.2, 0.25) is 0 Å². The molecular weight excluding hydrogens is 751 g/mol. The van der Waals surface area contributed by atoms with Gasteiger partial charge in [-0.15, -0.1) is 11.3 Å². The Morgan fingerprint density at radius 2 is 1.61 bits per heavy atom. The van der Waals surface area contributed by atoms with E-state index in [0.29, 0.717) is 49.1 Å². The number of ketones is 1. The van der Waals surface area contributed by atoms with Gasteiger partial charge in [0.05, 0.1) is 18.2 Å². The van der Waals surface area contributed by atoms with Gasteiger partial charge in [0.25, 0.3) is 0 Å². The summed E-state index contributed by atoms with van der Waals surface area (Å²) in [6.45, 7) is 12.1. The first-order valence-electron chi connectivity index (χ1n) is 22.7. The molecule has 7 heteroatoms. The van der Waals surface area contributed by atoms with E-state index in [1.54, 1.807) is 11.3 Å². The van der Waals surface area contributed by atoms with Gasteiger partial charge in [0.1, 0.15) is 6.10 Å². The molecule has 7 aliphatic carbocycles. The van der Waals surface area contributed by atoms with Crippen molar-refractivity contribution in [2.24, 2.45) is 51.2 Å². The third kappa shape index (κ3) is 6.45. The Hall–Kier alpha value is -3.52. The first kappa shape index (κ1) is 40.9. The van der Waals surface area contributed by atoms with Crippen molar-refractivity contribution in [3.63, 3.8) is 0 Å². The Kier molecular flexibility index (Phi) is 10.5. The van der Waals surface area contributed by atoms with Crippen LogP contribution >= 0.6 is 11.3 Å². The van der Waals surface area contributed by atoms with E-state index in [4.69, 9.17) is 4.74 Å². The molecule has 2 N–H and O–H groups in total. The highest BCUT2D eigenvalue weighted by Crippen LogP contribution is 2.78. The molecule has 59 heavy (non-hydrogen) atoms. The van der Waals surface area contributed by atoms with Crippen molar-refractivity contribution in [1.29, 1.82) is 0 Å². The maximum absolute atomic E-state index is 15.6.